The molecule has 0 bridgehead atoms. The number of hydrogen-bond acceptors (Lipinski definition) is 6. The molecule has 0 aliphatic carbocycles. The van der Waals surface area contributed by atoms with Crippen LogP contribution in [0, 0.1) is 0 Å². The molecule has 0 aromatic rings. The normalized spacial score (nSPS) is 43.6. The number of aldehydes is 1. The molecule has 6 nitrogen and oxygen atoms in total. The van der Waals surface area contributed by atoms with Crippen molar-refractivity contribution in [2.24, 2.45) is 0 Å². The maximum atomic E-state index is 10.6. The van der Waals surface area contributed by atoms with E-state index in [4.69, 9.17) is 14.2 Å². The third-order valence-corrected chi connectivity index (χ3v) is 2.22. The summed E-state index contributed by atoms with van der Waals surface area (Å²) in [6, 6.07) is 0. The smallest absolute Gasteiger partial charge is 0.186 e. The van der Waals surface area contributed by atoms with Crippen LogP contribution in [-0.2, 0) is 19.0 Å². The Hall–Kier alpha value is -0.530. The number of aliphatic hydroxyl groups excluding tert-OH is 2. The van der Waals surface area contributed by atoms with E-state index in [0.717, 1.165) is 0 Å². The summed E-state index contributed by atoms with van der Waals surface area (Å²) in [6.45, 7) is 0. The Kier molecular flexibility index (Phi) is 3.97. The minimum absolute atomic E-state index is 0.509. The van der Waals surface area contributed by atoms with Crippen molar-refractivity contribution in [1.29, 1.82) is 0 Å². The highest BCUT2D eigenvalue weighted by molar-refractivity contribution is 5.57. The molecule has 1 aliphatic rings. The van der Waals surface area contributed by atoms with Gasteiger partial charge in [0, 0.05) is 14.2 Å². The highest BCUT2D eigenvalue weighted by Crippen LogP contribution is 2.22. The molecule has 1 fully saturated rings. The zero-order valence-corrected chi connectivity index (χ0v) is 7.99. The number of hydrogen-bond donors (Lipinski definition) is 2. The van der Waals surface area contributed by atoms with Gasteiger partial charge in [-0.2, -0.15) is 0 Å². The molecule has 0 spiro atoms. The number of ether oxygens (including phenoxy) is 3. The highest BCUT2D eigenvalue weighted by Gasteiger charge is 2.44. The van der Waals surface area contributed by atoms with Crippen molar-refractivity contribution in [1.82, 2.24) is 0 Å². The van der Waals surface area contributed by atoms with E-state index in [9.17, 15) is 15.0 Å². The van der Waals surface area contributed by atoms with Crippen molar-refractivity contribution in [3.63, 3.8) is 0 Å². The van der Waals surface area contributed by atoms with Crippen molar-refractivity contribution in [2.45, 2.75) is 30.7 Å². The van der Waals surface area contributed by atoms with Crippen molar-refractivity contribution in [2.75, 3.05) is 14.2 Å². The van der Waals surface area contributed by atoms with E-state index in [1.165, 1.54) is 14.2 Å². The minimum atomic E-state index is -1.22. The van der Waals surface area contributed by atoms with Gasteiger partial charge in [-0.25, -0.2) is 0 Å². The molecule has 0 radical (unpaired) electrons. The number of methoxy groups -OCH3 is 2. The van der Waals surface area contributed by atoms with Crippen LogP contribution in [-0.4, -0.2) is 61.4 Å². The standard InChI is InChI=1S/C8H14O6/c1-12-7-4(3-9)14-8(13-2)6(11)5(7)10/h3-8,10-11H,1-2H3/t4?,5?,6?,7-,8-/m1/s1. The quantitative estimate of drug-likeness (QED) is 0.535. The van der Waals surface area contributed by atoms with Gasteiger partial charge in [0.25, 0.3) is 0 Å². The summed E-state index contributed by atoms with van der Waals surface area (Å²) >= 11 is 0. The first-order valence-electron chi connectivity index (χ1n) is 4.18. The number of carbonyl (C=O) groups is 1. The van der Waals surface area contributed by atoms with Gasteiger partial charge < -0.3 is 29.2 Å². The van der Waals surface area contributed by atoms with E-state index in [1.54, 1.807) is 0 Å². The highest BCUT2D eigenvalue weighted by atomic mass is 16.7. The third-order valence-electron chi connectivity index (χ3n) is 2.22. The monoisotopic (exact) mass is 206 g/mol. The molecule has 5 atom stereocenters. The zero-order chi connectivity index (χ0) is 10.7. The van der Waals surface area contributed by atoms with E-state index < -0.39 is 30.7 Å². The first kappa shape index (κ1) is 11.5. The van der Waals surface area contributed by atoms with E-state index in [1.807, 2.05) is 0 Å². The lowest BCUT2D eigenvalue weighted by Crippen LogP contribution is -2.59. The molecular weight excluding hydrogens is 192 g/mol. The van der Waals surface area contributed by atoms with Crippen LogP contribution < -0.4 is 0 Å². The Morgan fingerprint density at radius 3 is 2.29 bits per heavy atom. The van der Waals surface area contributed by atoms with E-state index >= 15 is 0 Å². The molecule has 6 heteroatoms. The lowest BCUT2D eigenvalue weighted by Gasteiger charge is -2.39. The van der Waals surface area contributed by atoms with E-state index in [2.05, 4.69) is 0 Å². The Morgan fingerprint density at radius 2 is 1.86 bits per heavy atom. The van der Waals surface area contributed by atoms with Gasteiger partial charge in [-0.3, -0.25) is 0 Å². The van der Waals surface area contributed by atoms with Crippen molar-refractivity contribution in [3.05, 3.63) is 0 Å². The predicted molar refractivity (Wildman–Crippen MR) is 44.5 cm³/mol. The van der Waals surface area contributed by atoms with Crippen LogP contribution in [0.25, 0.3) is 0 Å². The van der Waals surface area contributed by atoms with Crippen molar-refractivity contribution in [3.8, 4) is 0 Å². The molecule has 0 saturated carbocycles. The minimum Gasteiger partial charge on any atom is -0.387 e. The van der Waals surface area contributed by atoms with Crippen molar-refractivity contribution >= 4 is 6.29 Å². The van der Waals surface area contributed by atoms with E-state index in [-0.39, 0.29) is 0 Å². The summed E-state index contributed by atoms with van der Waals surface area (Å²) in [7, 11) is 2.64. The molecular formula is C8H14O6. The van der Waals surface area contributed by atoms with Gasteiger partial charge in [0.1, 0.15) is 24.4 Å². The second-order valence-electron chi connectivity index (χ2n) is 3.02. The van der Waals surface area contributed by atoms with Crippen molar-refractivity contribution < 1.29 is 29.2 Å². The van der Waals surface area contributed by atoms with Crippen LogP contribution in [0.3, 0.4) is 0 Å². The molecule has 2 N–H and O–H groups in total. The van der Waals surface area contributed by atoms with Gasteiger partial charge in [-0.1, -0.05) is 0 Å². The molecule has 1 aliphatic heterocycles. The fourth-order valence-corrected chi connectivity index (χ4v) is 1.44. The molecule has 0 aromatic carbocycles. The summed E-state index contributed by atoms with van der Waals surface area (Å²) in [6.07, 6.45) is -4.71. The maximum absolute atomic E-state index is 10.6. The topological polar surface area (TPSA) is 85.2 Å². The summed E-state index contributed by atoms with van der Waals surface area (Å²) in [4.78, 5) is 10.6. The summed E-state index contributed by atoms with van der Waals surface area (Å²) in [5.41, 5.74) is 0. The second-order valence-corrected chi connectivity index (χ2v) is 3.02. The van der Waals surface area contributed by atoms with E-state index in [0.29, 0.717) is 6.29 Å². The number of aliphatic hydroxyl groups is 2. The SMILES string of the molecule is CO[C@@H]1OC(C=O)[C@@H](OC)C(O)C1O. The van der Waals surface area contributed by atoms with Gasteiger partial charge in [-0.15, -0.1) is 0 Å². The summed E-state index contributed by atoms with van der Waals surface area (Å²) in [5.74, 6) is 0. The molecule has 1 rings (SSSR count). The summed E-state index contributed by atoms with van der Waals surface area (Å²) < 4.78 is 14.6. The maximum Gasteiger partial charge on any atom is 0.186 e. The summed E-state index contributed by atoms with van der Waals surface area (Å²) in [5, 5.41) is 19.0. The largest absolute Gasteiger partial charge is 0.387 e. The first-order chi connectivity index (χ1) is 6.65. The third kappa shape index (κ3) is 1.94. The number of rotatable bonds is 3. The van der Waals surface area contributed by atoms with Crippen LogP contribution >= 0.6 is 0 Å². The van der Waals surface area contributed by atoms with Gasteiger partial charge in [0.2, 0.25) is 0 Å². The zero-order valence-electron chi connectivity index (χ0n) is 7.99. The fourth-order valence-electron chi connectivity index (χ4n) is 1.44. The Labute approximate surface area is 81.4 Å². The lowest BCUT2D eigenvalue weighted by molar-refractivity contribution is -0.284. The molecule has 14 heavy (non-hydrogen) atoms. The van der Waals surface area contributed by atoms with Gasteiger partial charge in [0.15, 0.2) is 12.6 Å². The van der Waals surface area contributed by atoms with Crippen LogP contribution in [0.2, 0.25) is 0 Å². The lowest BCUT2D eigenvalue weighted by atomic mass is 9.99. The molecule has 0 aromatic heterocycles. The Bertz CT molecular complexity index is 196. The number of carbonyl (C=O) groups excluding carboxylic acids is 1. The molecule has 0 amide bonds. The average Bonchev–Trinajstić information content (AvgIpc) is 2.21. The van der Waals surface area contributed by atoms with Gasteiger partial charge in [-0.05, 0) is 0 Å². The Morgan fingerprint density at radius 1 is 1.21 bits per heavy atom. The Balaban J connectivity index is 2.76. The van der Waals surface area contributed by atoms with Crippen LogP contribution in [0.5, 0.6) is 0 Å². The molecule has 3 unspecified atom stereocenters. The molecule has 1 heterocycles. The van der Waals surface area contributed by atoms with Crippen LogP contribution in [0.4, 0.5) is 0 Å². The molecule has 1 saturated heterocycles. The van der Waals surface area contributed by atoms with Gasteiger partial charge in [0.05, 0.1) is 0 Å². The average molecular weight is 206 g/mol. The van der Waals surface area contributed by atoms with Gasteiger partial charge >= 0.3 is 0 Å². The molecule has 82 valence electrons. The first-order valence-corrected chi connectivity index (χ1v) is 4.18. The predicted octanol–water partition coefficient (Wildman–Crippen LogP) is -1.71. The fraction of sp³-hybridized carbons (Fsp3) is 0.875. The second kappa shape index (κ2) is 4.81. The van der Waals surface area contributed by atoms with Crippen LogP contribution in [0.1, 0.15) is 0 Å². The van der Waals surface area contributed by atoms with Crippen LogP contribution in [0.15, 0.2) is 0 Å².